The number of hydrogen-bond donors (Lipinski definition) is 2. The fourth-order valence-electron chi connectivity index (χ4n) is 3.44. The Morgan fingerprint density at radius 2 is 1.88 bits per heavy atom. The minimum Gasteiger partial charge on any atom is -0.490 e. The first-order valence-electron chi connectivity index (χ1n) is 12.2. The molecule has 0 aliphatic heterocycles. The summed E-state index contributed by atoms with van der Waals surface area (Å²) >= 11 is 4.58. The Bertz CT molecular complexity index is 1530. The number of halogens is 2. The smallest absolute Gasteiger partial charge is 0.257 e. The molecule has 4 aromatic rings. The summed E-state index contributed by atoms with van der Waals surface area (Å²) in [7, 11) is 0. The van der Waals surface area contributed by atoms with E-state index in [0.717, 1.165) is 16.9 Å². The highest BCUT2D eigenvalue weighted by Gasteiger charge is 2.15. The second-order valence-corrected chi connectivity index (χ2v) is 10.4. The van der Waals surface area contributed by atoms with E-state index in [1.54, 1.807) is 42.5 Å². The maximum absolute atomic E-state index is 14.0. The van der Waals surface area contributed by atoms with Crippen molar-refractivity contribution in [1.29, 1.82) is 0 Å². The number of amides is 2. The van der Waals surface area contributed by atoms with Crippen LogP contribution in [-0.2, 0) is 17.8 Å². The number of aryl methyl sites for hydroxylation is 1. The number of rotatable bonds is 11. The van der Waals surface area contributed by atoms with Gasteiger partial charge >= 0.3 is 0 Å². The molecule has 1 aromatic heterocycles. The first-order chi connectivity index (χ1) is 19.3. The van der Waals surface area contributed by atoms with Gasteiger partial charge in [-0.2, -0.15) is 5.10 Å². The number of nitrogens with one attached hydrogen (secondary N) is 2. The Labute approximate surface area is 242 Å². The monoisotopic (exact) mass is 625 g/mol. The van der Waals surface area contributed by atoms with Crippen LogP contribution in [0.25, 0.3) is 0 Å². The summed E-state index contributed by atoms with van der Waals surface area (Å²) in [6.45, 7) is 4.18. The molecule has 2 amide bonds. The number of hydrazone groups is 1. The molecule has 12 heteroatoms. The van der Waals surface area contributed by atoms with Crippen molar-refractivity contribution in [2.75, 3.05) is 11.9 Å². The van der Waals surface area contributed by atoms with Crippen molar-refractivity contribution in [2.45, 2.75) is 26.9 Å². The number of carbonyl (C=O) groups is 2. The average molecular weight is 627 g/mol. The molecule has 40 heavy (non-hydrogen) atoms. The average Bonchev–Trinajstić information content (AvgIpc) is 3.36. The predicted molar refractivity (Wildman–Crippen MR) is 155 cm³/mol. The molecule has 0 unspecified atom stereocenters. The maximum atomic E-state index is 14.0. The molecule has 0 saturated heterocycles. The number of hydrogen-bond acceptors (Lipinski definition) is 8. The van der Waals surface area contributed by atoms with E-state index in [9.17, 15) is 14.0 Å². The molecule has 4 rings (SSSR count). The largest absolute Gasteiger partial charge is 0.490 e. The van der Waals surface area contributed by atoms with Crippen LogP contribution < -0.4 is 20.2 Å². The van der Waals surface area contributed by atoms with Crippen molar-refractivity contribution in [2.24, 2.45) is 5.10 Å². The molecule has 0 spiro atoms. The maximum Gasteiger partial charge on any atom is 0.257 e. The lowest BCUT2D eigenvalue weighted by Crippen LogP contribution is -2.19. The standard InChI is InChI=1S/C28H25BrFN5O4S/c1-3-38-23-13-18(12-21(29)26(23)39-16-20-6-4-5-7-22(20)30)15-31-33-24(36)14-25-34-35-28(40-25)32-27(37)19-10-8-17(2)9-11-19/h4-13,15H,3,14,16H2,1-2H3,(H,33,36)(H,32,35,37)/b31-15-. The van der Waals surface area contributed by atoms with Gasteiger partial charge in [0, 0.05) is 11.1 Å². The highest BCUT2D eigenvalue weighted by atomic mass is 79.9. The Morgan fingerprint density at radius 1 is 1.10 bits per heavy atom. The van der Waals surface area contributed by atoms with Crippen LogP contribution in [0, 0.1) is 12.7 Å². The molecule has 206 valence electrons. The summed E-state index contributed by atoms with van der Waals surface area (Å²) in [6.07, 6.45) is 1.39. The highest BCUT2D eigenvalue weighted by Crippen LogP contribution is 2.37. The SMILES string of the molecule is CCOc1cc(/C=N\NC(=O)Cc2nnc(NC(=O)c3ccc(C)cc3)s2)cc(Br)c1OCc1ccccc1F. The summed E-state index contributed by atoms with van der Waals surface area (Å²) in [6, 6.07) is 17.0. The van der Waals surface area contributed by atoms with Crippen LogP contribution in [-0.4, -0.2) is 34.8 Å². The van der Waals surface area contributed by atoms with Crippen LogP contribution in [0.15, 0.2) is 70.2 Å². The molecule has 0 aliphatic carbocycles. The van der Waals surface area contributed by atoms with Gasteiger partial charge in [-0.15, -0.1) is 10.2 Å². The Balaban J connectivity index is 1.33. The van der Waals surface area contributed by atoms with Crippen molar-refractivity contribution in [3.8, 4) is 11.5 Å². The quantitative estimate of drug-likeness (QED) is 0.164. The van der Waals surface area contributed by atoms with E-state index in [0.29, 0.717) is 49.4 Å². The topological polar surface area (TPSA) is 115 Å². The summed E-state index contributed by atoms with van der Waals surface area (Å²) in [5.41, 5.74) is 5.05. The zero-order valence-electron chi connectivity index (χ0n) is 21.6. The second-order valence-electron chi connectivity index (χ2n) is 8.43. The van der Waals surface area contributed by atoms with Crippen LogP contribution in [0.4, 0.5) is 9.52 Å². The molecule has 0 fully saturated rings. The minimum atomic E-state index is -0.405. The van der Waals surface area contributed by atoms with E-state index >= 15 is 0 Å². The van der Waals surface area contributed by atoms with Gasteiger partial charge in [0.2, 0.25) is 11.0 Å². The number of nitrogens with zero attached hydrogens (tertiary/aromatic N) is 3. The van der Waals surface area contributed by atoms with E-state index < -0.39 is 5.91 Å². The van der Waals surface area contributed by atoms with Gasteiger partial charge in [-0.05, 0) is 65.7 Å². The van der Waals surface area contributed by atoms with E-state index in [2.05, 4.69) is 42.0 Å². The summed E-state index contributed by atoms with van der Waals surface area (Å²) in [4.78, 5) is 24.7. The zero-order valence-corrected chi connectivity index (χ0v) is 24.0. The molecular weight excluding hydrogens is 601 g/mol. The molecule has 0 atom stereocenters. The Morgan fingerprint density at radius 3 is 2.62 bits per heavy atom. The fourth-order valence-corrected chi connectivity index (χ4v) is 4.74. The van der Waals surface area contributed by atoms with Gasteiger partial charge in [0.05, 0.1) is 23.7 Å². The van der Waals surface area contributed by atoms with Gasteiger partial charge in [0.25, 0.3) is 5.91 Å². The third-order valence-corrected chi connectivity index (χ3v) is 6.80. The van der Waals surface area contributed by atoms with Crippen molar-refractivity contribution >= 4 is 50.4 Å². The van der Waals surface area contributed by atoms with Crippen LogP contribution >= 0.6 is 27.3 Å². The molecule has 9 nitrogen and oxygen atoms in total. The predicted octanol–water partition coefficient (Wildman–Crippen LogP) is 5.67. The van der Waals surface area contributed by atoms with Crippen LogP contribution in [0.2, 0.25) is 0 Å². The van der Waals surface area contributed by atoms with Gasteiger partial charge in [-0.1, -0.05) is 47.2 Å². The third kappa shape index (κ3) is 7.93. The van der Waals surface area contributed by atoms with E-state index in [4.69, 9.17) is 9.47 Å². The van der Waals surface area contributed by atoms with Gasteiger partial charge in [0.1, 0.15) is 17.4 Å². The van der Waals surface area contributed by atoms with Crippen LogP contribution in [0.5, 0.6) is 11.5 Å². The lowest BCUT2D eigenvalue weighted by molar-refractivity contribution is -0.120. The van der Waals surface area contributed by atoms with E-state index in [1.807, 2.05) is 26.0 Å². The lowest BCUT2D eigenvalue weighted by atomic mass is 10.1. The molecule has 0 radical (unpaired) electrons. The Kier molecular flexibility index (Phi) is 9.92. The number of carbonyl (C=O) groups excluding carboxylic acids is 2. The summed E-state index contributed by atoms with van der Waals surface area (Å²) in [5, 5.41) is 15.3. The lowest BCUT2D eigenvalue weighted by Gasteiger charge is -2.15. The second kappa shape index (κ2) is 13.8. The van der Waals surface area contributed by atoms with Crippen molar-refractivity contribution in [1.82, 2.24) is 15.6 Å². The molecule has 3 aromatic carbocycles. The number of anilines is 1. The number of aromatic nitrogens is 2. The normalized spacial score (nSPS) is 10.9. The minimum absolute atomic E-state index is 0.0256. The first kappa shape index (κ1) is 28.8. The highest BCUT2D eigenvalue weighted by molar-refractivity contribution is 9.10. The van der Waals surface area contributed by atoms with Crippen molar-refractivity contribution in [3.05, 3.63) is 98.2 Å². The Hall–Kier alpha value is -4.16. The van der Waals surface area contributed by atoms with Crippen LogP contribution in [0.1, 0.15) is 39.0 Å². The number of benzene rings is 3. The molecular formula is C28H25BrFN5O4S. The van der Waals surface area contributed by atoms with Gasteiger partial charge in [0.15, 0.2) is 11.5 Å². The first-order valence-corrected chi connectivity index (χ1v) is 13.8. The van der Waals surface area contributed by atoms with E-state index in [-0.39, 0.29) is 24.8 Å². The summed E-state index contributed by atoms with van der Waals surface area (Å²) < 4.78 is 26.1. The molecule has 2 N–H and O–H groups in total. The summed E-state index contributed by atoms with van der Waals surface area (Å²) in [5.74, 6) is -0.202. The van der Waals surface area contributed by atoms with E-state index in [1.165, 1.54) is 12.3 Å². The van der Waals surface area contributed by atoms with Crippen LogP contribution in [0.3, 0.4) is 0 Å². The molecule has 0 bridgehead atoms. The van der Waals surface area contributed by atoms with Gasteiger partial charge < -0.3 is 9.47 Å². The zero-order chi connectivity index (χ0) is 28.5. The fraction of sp³-hybridized carbons (Fsp3) is 0.179. The van der Waals surface area contributed by atoms with Gasteiger partial charge in [-0.3, -0.25) is 14.9 Å². The molecule has 0 saturated carbocycles. The molecule has 0 aliphatic rings. The third-order valence-electron chi connectivity index (χ3n) is 5.38. The number of ether oxygens (including phenoxy) is 2. The van der Waals surface area contributed by atoms with Crippen molar-refractivity contribution in [3.63, 3.8) is 0 Å². The molecule has 1 heterocycles. The van der Waals surface area contributed by atoms with Gasteiger partial charge in [-0.25, -0.2) is 9.82 Å². The van der Waals surface area contributed by atoms with Crippen molar-refractivity contribution < 1.29 is 23.5 Å².